The number of rotatable bonds is 5. The summed E-state index contributed by atoms with van der Waals surface area (Å²) in [6, 6.07) is 7.30. The van der Waals surface area contributed by atoms with Crippen LogP contribution in [0.5, 0.6) is 11.5 Å². The number of carbonyl (C=O) groups is 2. The first-order valence-corrected chi connectivity index (χ1v) is 12.7. The van der Waals surface area contributed by atoms with Crippen LogP contribution in [0.25, 0.3) is 0 Å². The van der Waals surface area contributed by atoms with Crippen molar-refractivity contribution in [1.29, 1.82) is 0 Å². The van der Waals surface area contributed by atoms with Crippen LogP contribution >= 0.6 is 0 Å². The van der Waals surface area contributed by atoms with Crippen LogP contribution in [0.15, 0.2) is 36.4 Å². The van der Waals surface area contributed by atoms with Crippen molar-refractivity contribution in [1.82, 2.24) is 10.2 Å². The van der Waals surface area contributed by atoms with Gasteiger partial charge in [0.15, 0.2) is 11.5 Å². The summed E-state index contributed by atoms with van der Waals surface area (Å²) in [5.74, 6) is -2.50. The molecule has 3 atom stereocenters. The number of alkyl halides is 6. The zero-order chi connectivity index (χ0) is 31.5. The highest BCUT2D eigenvalue weighted by molar-refractivity contribution is 5.89. The van der Waals surface area contributed by atoms with Crippen LogP contribution in [0, 0.1) is 5.82 Å². The molecule has 42 heavy (non-hydrogen) atoms. The number of carbonyl (C=O) groups excluding carboxylic acids is 1. The summed E-state index contributed by atoms with van der Waals surface area (Å²) in [5, 5.41) is 12.3. The van der Waals surface area contributed by atoms with E-state index in [9.17, 15) is 35.5 Å². The predicted octanol–water partition coefficient (Wildman–Crippen LogP) is 5.81. The monoisotopic (exact) mass is 609 g/mol. The maximum absolute atomic E-state index is 13.7. The lowest BCUT2D eigenvalue weighted by Gasteiger charge is -2.45. The Balaban J connectivity index is 0.000000616. The summed E-state index contributed by atoms with van der Waals surface area (Å²) in [6.45, 7) is 0.904. The number of halogens is 7. The first-order valence-electron chi connectivity index (χ1n) is 12.7. The number of likely N-dealkylation sites (tertiary alicyclic amines) is 1. The fourth-order valence-electron chi connectivity index (χ4n) is 5.57. The van der Waals surface area contributed by atoms with E-state index in [1.54, 1.807) is 14.2 Å². The van der Waals surface area contributed by atoms with Crippen LogP contribution in [0.2, 0.25) is 0 Å². The molecule has 0 aromatic heterocycles. The van der Waals surface area contributed by atoms with E-state index in [-0.39, 0.29) is 23.2 Å². The van der Waals surface area contributed by atoms with Crippen molar-refractivity contribution in [3.63, 3.8) is 0 Å². The van der Waals surface area contributed by atoms with Gasteiger partial charge in [-0.3, -0.25) is 0 Å². The van der Waals surface area contributed by atoms with E-state index in [1.807, 2.05) is 12.1 Å². The van der Waals surface area contributed by atoms with Crippen LogP contribution in [-0.2, 0) is 16.4 Å². The number of anilines is 1. The molecule has 2 aliphatic rings. The van der Waals surface area contributed by atoms with Crippen LogP contribution in [-0.4, -0.2) is 68.1 Å². The Labute approximate surface area is 236 Å². The van der Waals surface area contributed by atoms with E-state index in [0.29, 0.717) is 30.4 Å². The van der Waals surface area contributed by atoms with Gasteiger partial charge in [-0.25, -0.2) is 14.0 Å². The number of amides is 2. The van der Waals surface area contributed by atoms with Crippen molar-refractivity contribution >= 4 is 17.7 Å². The molecule has 2 aromatic carbocycles. The number of carboxylic acids is 1. The maximum Gasteiger partial charge on any atom is 0.490 e. The van der Waals surface area contributed by atoms with E-state index in [2.05, 4.69) is 28.6 Å². The molecule has 8 nitrogen and oxygen atoms in total. The van der Waals surface area contributed by atoms with Gasteiger partial charge in [0.2, 0.25) is 0 Å². The zero-order valence-electron chi connectivity index (χ0n) is 22.8. The molecule has 0 spiro atoms. The molecule has 232 valence electrons. The summed E-state index contributed by atoms with van der Waals surface area (Å²) in [4.78, 5) is 23.7. The molecule has 1 aliphatic heterocycles. The Kier molecular flexibility index (Phi) is 9.85. The minimum Gasteiger partial charge on any atom is -0.493 e. The molecular weight excluding hydrogens is 579 g/mol. The quantitative estimate of drug-likeness (QED) is 0.370. The number of likely N-dealkylation sites (N-methyl/N-ethyl adjacent to an activating group) is 1. The molecular formula is C27H30F7N3O5. The molecule has 1 saturated heterocycles. The molecule has 3 N–H and O–H groups in total. The molecule has 2 aromatic rings. The second-order valence-corrected chi connectivity index (χ2v) is 10.1. The molecule has 15 heteroatoms. The summed E-state index contributed by atoms with van der Waals surface area (Å²) >= 11 is 0. The van der Waals surface area contributed by atoms with Gasteiger partial charge >= 0.3 is 24.4 Å². The number of hydrogen-bond acceptors (Lipinski definition) is 5. The lowest BCUT2D eigenvalue weighted by Crippen LogP contribution is -2.52. The topological polar surface area (TPSA) is 100 Å². The van der Waals surface area contributed by atoms with Crippen molar-refractivity contribution in [3.05, 3.63) is 53.3 Å². The van der Waals surface area contributed by atoms with Crippen molar-refractivity contribution in [2.24, 2.45) is 0 Å². The van der Waals surface area contributed by atoms with Gasteiger partial charge < -0.3 is 30.1 Å². The average Bonchev–Trinajstić information content (AvgIpc) is 3.24. The standard InChI is InChI=1S/C25H29F4N3O3.C2HF3O2/c1-32-9-8-24(15-4-5-20(34-2)21(12-15)35-3)7-6-18(14-22(24)32)30-23(33)31-19-11-16(25(27,28)29)10-17(26)13-19;3-2(4,5)1(6)7/h4-5,10-13,18,22H,6-9,14H2,1-3H3,(H2,30,31,33);(H,6,7)/t18-,22+,24+;/m0./s1. The van der Waals surface area contributed by atoms with Gasteiger partial charge in [-0.1, -0.05) is 6.07 Å². The summed E-state index contributed by atoms with van der Waals surface area (Å²) in [7, 11) is 5.26. The van der Waals surface area contributed by atoms with Crippen LogP contribution in [0.3, 0.4) is 0 Å². The van der Waals surface area contributed by atoms with Gasteiger partial charge in [-0.05, 0) is 75.2 Å². The van der Waals surface area contributed by atoms with Crippen LogP contribution in [0.1, 0.15) is 36.8 Å². The third kappa shape index (κ3) is 7.55. The van der Waals surface area contributed by atoms with Crippen LogP contribution in [0.4, 0.5) is 41.2 Å². The molecule has 4 rings (SSSR count). The minimum atomic E-state index is -5.08. The molecule has 2 fully saturated rings. The Hall–Kier alpha value is -3.75. The normalized spacial score (nSPS) is 22.3. The number of urea groups is 1. The summed E-state index contributed by atoms with van der Waals surface area (Å²) < 4.78 is 95.2. The Morgan fingerprint density at radius 3 is 2.21 bits per heavy atom. The van der Waals surface area contributed by atoms with Gasteiger partial charge in [-0.15, -0.1) is 0 Å². The number of benzene rings is 2. The van der Waals surface area contributed by atoms with Gasteiger partial charge in [0.1, 0.15) is 5.82 Å². The second-order valence-electron chi connectivity index (χ2n) is 10.1. The Morgan fingerprint density at radius 2 is 1.64 bits per heavy atom. The van der Waals surface area contributed by atoms with E-state index >= 15 is 0 Å². The van der Waals surface area contributed by atoms with Crippen molar-refractivity contribution < 1.29 is 54.9 Å². The molecule has 0 bridgehead atoms. The third-order valence-corrected chi connectivity index (χ3v) is 7.55. The first-order chi connectivity index (χ1) is 19.5. The van der Waals surface area contributed by atoms with E-state index in [4.69, 9.17) is 19.4 Å². The smallest absolute Gasteiger partial charge is 0.490 e. The number of fused-ring (bicyclic) bond motifs is 1. The van der Waals surface area contributed by atoms with Gasteiger partial charge in [-0.2, -0.15) is 26.3 Å². The van der Waals surface area contributed by atoms with Crippen molar-refractivity contribution in [3.8, 4) is 11.5 Å². The third-order valence-electron chi connectivity index (χ3n) is 7.55. The first kappa shape index (κ1) is 32.8. The lowest BCUT2D eigenvalue weighted by molar-refractivity contribution is -0.192. The number of nitrogens with one attached hydrogen (secondary N) is 2. The number of hydrogen-bond donors (Lipinski definition) is 3. The van der Waals surface area contributed by atoms with Crippen molar-refractivity contribution in [2.45, 2.75) is 55.5 Å². The number of nitrogens with zero attached hydrogens (tertiary/aromatic N) is 1. The van der Waals surface area contributed by atoms with Gasteiger partial charge in [0.25, 0.3) is 0 Å². The minimum absolute atomic E-state index is 0.104. The van der Waals surface area contributed by atoms with E-state index in [0.717, 1.165) is 37.1 Å². The zero-order valence-corrected chi connectivity index (χ0v) is 22.8. The largest absolute Gasteiger partial charge is 0.493 e. The molecule has 2 amide bonds. The van der Waals surface area contributed by atoms with E-state index < -0.39 is 35.7 Å². The molecule has 1 heterocycles. The Morgan fingerprint density at radius 1 is 1.00 bits per heavy atom. The fourth-order valence-corrected chi connectivity index (χ4v) is 5.57. The number of aliphatic carboxylic acids is 1. The highest BCUT2D eigenvalue weighted by Gasteiger charge is 2.50. The average molecular weight is 610 g/mol. The number of ether oxygens (including phenoxy) is 2. The maximum atomic E-state index is 13.7. The van der Waals surface area contributed by atoms with Crippen LogP contribution < -0.4 is 20.1 Å². The Bertz CT molecular complexity index is 1290. The highest BCUT2D eigenvalue weighted by Crippen LogP contribution is 2.50. The SMILES string of the molecule is COc1ccc([C@]23CC[C@H](NC(=O)Nc4cc(F)cc(C(F)(F)F)c4)C[C@H]2N(C)CC3)cc1OC.O=C(O)C(F)(F)F. The predicted molar refractivity (Wildman–Crippen MR) is 137 cm³/mol. The summed E-state index contributed by atoms with van der Waals surface area (Å²) in [6.07, 6.45) is -6.64. The molecule has 1 saturated carbocycles. The highest BCUT2D eigenvalue weighted by atomic mass is 19.4. The fraction of sp³-hybridized carbons (Fsp3) is 0.481. The molecule has 0 radical (unpaired) electrons. The number of carboxylic acid groups (broad SMARTS) is 1. The molecule has 0 unspecified atom stereocenters. The lowest BCUT2D eigenvalue weighted by atomic mass is 9.65. The van der Waals surface area contributed by atoms with Crippen molar-refractivity contribution in [2.75, 3.05) is 33.1 Å². The second kappa shape index (κ2) is 12.6. The number of methoxy groups -OCH3 is 2. The van der Waals surface area contributed by atoms with Gasteiger partial charge in [0, 0.05) is 23.2 Å². The summed E-state index contributed by atoms with van der Waals surface area (Å²) in [5.41, 5.74) is -0.347. The van der Waals surface area contributed by atoms with Gasteiger partial charge in [0.05, 0.1) is 19.8 Å². The van der Waals surface area contributed by atoms with E-state index in [1.165, 1.54) is 0 Å². The molecule has 1 aliphatic carbocycles.